The van der Waals surface area contributed by atoms with E-state index in [1.807, 2.05) is 0 Å². The number of hydrogen-bond donors (Lipinski definition) is 0. The van der Waals surface area contributed by atoms with Gasteiger partial charge in [-0.25, -0.2) is 0 Å². The molecule has 1 fully saturated rings. The highest BCUT2D eigenvalue weighted by Gasteiger charge is 2.36. The van der Waals surface area contributed by atoms with Gasteiger partial charge < -0.3 is 4.74 Å². The average molecular weight is 277 g/mol. The molecule has 0 aromatic heterocycles. The summed E-state index contributed by atoms with van der Waals surface area (Å²) in [5.74, 6) is 1.25. The Hall–Kier alpha value is -0.760. The number of hydrogen-bond acceptors (Lipinski definition) is 2. The Morgan fingerprint density at radius 3 is 2.32 bits per heavy atom. The third-order valence-electron chi connectivity index (χ3n) is 4.16. The molecule has 1 saturated carbocycles. The van der Waals surface area contributed by atoms with Crippen molar-refractivity contribution >= 4 is 0 Å². The third-order valence-corrected chi connectivity index (χ3v) is 4.16. The highest BCUT2D eigenvalue weighted by molar-refractivity contribution is 5.01. The van der Waals surface area contributed by atoms with Crippen LogP contribution in [0.4, 0.5) is 13.2 Å². The van der Waals surface area contributed by atoms with Crippen LogP contribution in [-0.4, -0.2) is 19.4 Å². The third kappa shape index (κ3) is 5.40. The molecule has 0 amide bonds. The molecule has 5 heteroatoms. The first-order valence-corrected chi connectivity index (χ1v) is 6.84. The van der Waals surface area contributed by atoms with Crippen molar-refractivity contribution in [2.24, 2.45) is 17.3 Å². The van der Waals surface area contributed by atoms with Gasteiger partial charge in [-0.05, 0) is 43.9 Å². The molecule has 0 aromatic rings. The van der Waals surface area contributed by atoms with Crippen LogP contribution in [0.3, 0.4) is 0 Å². The Morgan fingerprint density at radius 1 is 1.32 bits per heavy atom. The summed E-state index contributed by atoms with van der Waals surface area (Å²) >= 11 is 0. The maximum absolute atomic E-state index is 11.9. The fourth-order valence-corrected chi connectivity index (χ4v) is 2.73. The normalized spacial score (nSPS) is 28.4. The summed E-state index contributed by atoms with van der Waals surface area (Å²) in [5, 5.41) is 9.30. The molecule has 0 radical (unpaired) electrons. The minimum atomic E-state index is -4.28. The molecule has 1 aliphatic rings. The summed E-state index contributed by atoms with van der Waals surface area (Å²) in [6.45, 7) is 3.15. The zero-order chi connectivity index (χ0) is 14.5. The van der Waals surface area contributed by atoms with E-state index in [2.05, 4.69) is 24.7 Å². The van der Waals surface area contributed by atoms with Crippen molar-refractivity contribution in [1.82, 2.24) is 0 Å². The summed E-state index contributed by atoms with van der Waals surface area (Å²) < 4.78 is 40.5. The first-order valence-electron chi connectivity index (χ1n) is 6.84. The molecule has 0 bridgehead atoms. The zero-order valence-electron chi connectivity index (χ0n) is 11.6. The van der Waals surface area contributed by atoms with Crippen molar-refractivity contribution in [2.45, 2.75) is 52.1 Å². The second kappa shape index (κ2) is 6.60. The molecule has 2 nitrogen and oxygen atoms in total. The number of nitrogens with zero attached hydrogens (tertiary/aromatic N) is 1. The van der Waals surface area contributed by atoms with E-state index in [1.54, 1.807) is 0 Å². The summed E-state index contributed by atoms with van der Waals surface area (Å²) in [5.41, 5.74) is -0.475. The van der Waals surface area contributed by atoms with E-state index in [0.29, 0.717) is 18.3 Å². The first-order chi connectivity index (χ1) is 8.78. The van der Waals surface area contributed by atoms with Crippen molar-refractivity contribution in [3.8, 4) is 6.07 Å². The molecule has 0 aromatic carbocycles. The van der Waals surface area contributed by atoms with E-state index >= 15 is 0 Å². The van der Waals surface area contributed by atoms with Crippen LogP contribution >= 0.6 is 0 Å². The Balaban J connectivity index is 2.36. The van der Waals surface area contributed by atoms with Crippen LogP contribution in [0.15, 0.2) is 0 Å². The highest BCUT2D eigenvalue weighted by atomic mass is 19.4. The van der Waals surface area contributed by atoms with Crippen LogP contribution in [0.5, 0.6) is 0 Å². The molecule has 0 saturated heterocycles. The molecule has 19 heavy (non-hydrogen) atoms. The second-order valence-corrected chi connectivity index (χ2v) is 5.89. The summed E-state index contributed by atoms with van der Waals surface area (Å²) in [6.07, 6.45) is -0.335. The van der Waals surface area contributed by atoms with Gasteiger partial charge in [0, 0.05) is 6.61 Å². The Bertz CT molecular complexity index is 312. The van der Waals surface area contributed by atoms with Gasteiger partial charge in [-0.3, -0.25) is 0 Å². The lowest BCUT2D eigenvalue weighted by Crippen LogP contribution is -2.30. The lowest BCUT2D eigenvalue weighted by Gasteiger charge is -2.36. The predicted molar refractivity (Wildman–Crippen MR) is 66.3 cm³/mol. The van der Waals surface area contributed by atoms with Gasteiger partial charge in [-0.15, -0.1) is 0 Å². The first kappa shape index (κ1) is 16.3. The van der Waals surface area contributed by atoms with Crippen molar-refractivity contribution in [1.29, 1.82) is 5.26 Å². The van der Waals surface area contributed by atoms with Crippen LogP contribution in [-0.2, 0) is 4.74 Å². The number of alkyl halides is 3. The molecule has 0 atom stereocenters. The minimum Gasteiger partial charge on any atom is -0.372 e. The molecular weight excluding hydrogens is 255 g/mol. The van der Waals surface area contributed by atoms with Gasteiger partial charge in [-0.1, -0.05) is 13.8 Å². The number of rotatable bonds is 5. The van der Waals surface area contributed by atoms with E-state index < -0.39 is 18.2 Å². The second-order valence-electron chi connectivity index (χ2n) is 5.89. The SMILES string of the molecule is CC(C)C1CCC(C#N)(CCOCC(F)(F)F)CC1. The number of nitriles is 1. The molecule has 0 heterocycles. The van der Waals surface area contributed by atoms with Crippen molar-refractivity contribution < 1.29 is 17.9 Å². The lowest BCUT2D eigenvalue weighted by atomic mass is 9.67. The van der Waals surface area contributed by atoms with Crippen molar-refractivity contribution in [3.05, 3.63) is 0 Å². The molecule has 1 rings (SSSR count). The van der Waals surface area contributed by atoms with Gasteiger partial charge in [0.1, 0.15) is 6.61 Å². The molecule has 0 unspecified atom stereocenters. The van der Waals surface area contributed by atoms with Crippen LogP contribution in [0.2, 0.25) is 0 Å². The molecule has 110 valence electrons. The monoisotopic (exact) mass is 277 g/mol. The fourth-order valence-electron chi connectivity index (χ4n) is 2.73. The van der Waals surface area contributed by atoms with Gasteiger partial charge in [0.25, 0.3) is 0 Å². The van der Waals surface area contributed by atoms with Crippen LogP contribution < -0.4 is 0 Å². The van der Waals surface area contributed by atoms with E-state index in [0.717, 1.165) is 25.7 Å². The highest BCUT2D eigenvalue weighted by Crippen LogP contribution is 2.43. The lowest BCUT2D eigenvalue weighted by molar-refractivity contribution is -0.175. The largest absolute Gasteiger partial charge is 0.411 e. The van der Waals surface area contributed by atoms with Crippen LogP contribution in [0, 0.1) is 28.6 Å². The summed E-state index contributed by atoms with van der Waals surface area (Å²) in [7, 11) is 0. The van der Waals surface area contributed by atoms with Gasteiger partial charge in [0.15, 0.2) is 0 Å². The van der Waals surface area contributed by atoms with E-state index in [-0.39, 0.29) is 6.61 Å². The Kier molecular flexibility index (Phi) is 5.66. The number of ether oxygens (including phenoxy) is 1. The topological polar surface area (TPSA) is 33.0 Å². The predicted octanol–water partition coefficient (Wildman–Crippen LogP) is 4.31. The minimum absolute atomic E-state index is 0.0133. The molecule has 0 spiro atoms. The fraction of sp³-hybridized carbons (Fsp3) is 0.929. The molecular formula is C14H22F3NO. The van der Waals surface area contributed by atoms with Gasteiger partial charge in [0.2, 0.25) is 0 Å². The average Bonchev–Trinajstić information content (AvgIpc) is 2.34. The zero-order valence-corrected chi connectivity index (χ0v) is 11.6. The van der Waals surface area contributed by atoms with Gasteiger partial charge >= 0.3 is 6.18 Å². The summed E-state index contributed by atoms with van der Waals surface area (Å²) in [4.78, 5) is 0. The molecule has 0 N–H and O–H groups in total. The van der Waals surface area contributed by atoms with Crippen LogP contribution in [0.25, 0.3) is 0 Å². The summed E-state index contributed by atoms with van der Waals surface area (Å²) in [6, 6.07) is 2.31. The van der Waals surface area contributed by atoms with Crippen molar-refractivity contribution in [2.75, 3.05) is 13.2 Å². The van der Waals surface area contributed by atoms with E-state index in [4.69, 9.17) is 0 Å². The van der Waals surface area contributed by atoms with Gasteiger partial charge in [-0.2, -0.15) is 18.4 Å². The Labute approximate surface area is 112 Å². The van der Waals surface area contributed by atoms with E-state index in [1.165, 1.54) is 0 Å². The smallest absolute Gasteiger partial charge is 0.372 e. The van der Waals surface area contributed by atoms with Crippen LogP contribution in [0.1, 0.15) is 46.0 Å². The molecule has 1 aliphatic carbocycles. The molecule has 0 aliphatic heterocycles. The maximum Gasteiger partial charge on any atom is 0.411 e. The quantitative estimate of drug-likeness (QED) is 0.701. The van der Waals surface area contributed by atoms with Crippen molar-refractivity contribution in [3.63, 3.8) is 0 Å². The Morgan fingerprint density at radius 2 is 1.89 bits per heavy atom. The number of halogens is 3. The van der Waals surface area contributed by atoms with Gasteiger partial charge in [0.05, 0.1) is 11.5 Å². The standard InChI is InChI=1S/C14H22F3NO/c1-11(2)12-3-5-13(9-18,6-4-12)7-8-19-10-14(15,16)17/h11-12H,3-8,10H2,1-2H3. The van der Waals surface area contributed by atoms with E-state index in [9.17, 15) is 18.4 Å². The maximum atomic E-state index is 11.9.